The van der Waals surface area contributed by atoms with Gasteiger partial charge in [0, 0.05) is 19.6 Å². The summed E-state index contributed by atoms with van der Waals surface area (Å²) in [5, 5.41) is 11.4. The van der Waals surface area contributed by atoms with E-state index < -0.39 is 0 Å². The molecule has 2 heterocycles. The number of piperidine rings is 1. The highest BCUT2D eigenvalue weighted by atomic mass is 16.5. The van der Waals surface area contributed by atoms with Gasteiger partial charge in [-0.05, 0) is 36.5 Å². The average Bonchev–Trinajstić information content (AvgIpc) is 2.66. The minimum Gasteiger partial charge on any atom is -0.493 e. The molecular formula is C18H25N5O2. The van der Waals surface area contributed by atoms with E-state index in [1.54, 1.807) is 20.4 Å². The summed E-state index contributed by atoms with van der Waals surface area (Å²) in [7, 11) is 3.26. The fraction of sp³-hybridized carbons (Fsp3) is 0.500. The average molecular weight is 343 g/mol. The molecule has 0 saturated carbocycles. The summed E-state index contributed by atoms with van der Waals surface area (Å²) in [6.07, 6.45) is 4.21. The van der Waals surface area contributed by atoms with Gasteiger partial charge in [-0.2, -0.15) is 10.1 Å². The van der Waals surface area contributed by atoms with Crippen molar-refractivity contribution in [2.24, 2.45) is 5.92 Å². The van der Waals surface area contributed by atoms with Gasteiger partial charge in [0.1, 0.15) is 0 Å². The van der Waals surface area contributed by atoms with Crippen LogP contribution in [0.4, 0.5) is 11.8 Å². The molecule has 1 aromatic carbocycles. The van der Waals surface area contributed by atoms with Crippen molar-refractivity contribution in [3.05, 3.63) is 30.0 Å². The highest BCUT2D eigenvalue weighted by Crippen LogP contribution is 2.27. The van der Waals surface area contributed by atoms with Crippen LogP contribution in [0.3, 0.4) is 0 Å². The molecule has 1 aromatic heterocycles. The zero-order valence-electron chi connectivity index (χ0n) is 15.0. The van der Waals surface area contributed by atoms with Gasteiger partial charge in [-0.3, -0.25) is 0 Å². The molecule has 3 rings (SSSR count). The zero-order chi connectivity index (χ0) is 17.6. The van der Waals surface area contributed by atoms with Crippen molar-refractivity contribution in [1.29, 1.82) is 0 Å². The third-order valence-electron chi connectivity index (χ3n) is 4.43. The standard InChI is InChI=1S/C18H25N5O2/c1-13-5-4-8-23(12-13)17-11-20-22-18(21-17)19-10-14-6-7-15(24-2)16(9-14)25-3/h6-7,9,11,13H,4-5,8,10,12H2,1-3H3,(H,19,21,22). The summed E-state index contributed by atoms with van der Waals surface area (Å²) < 4.78 is 10.6. The lowest BCUT2D eigenvalue weighted by atomic mass is 10.0. The quantitative estimate of drug-likeness (QED) is 0.864. The second-order valence-electron chi connectivity index (χ2n) is 6.37. The van der Waals surface area contributed by atoms with Crippen molar-refractivity contribution in [1.82, 2.24) is 15.2 Å². The van der Waals surface area contributed by atoms with Crippen LogP contribution >= 0.6 is 0 Å². The summed E-state index contributed by atoms with van der Waals surface area (Å²) in [6, 6.07) is 5.81. The number of ether oxygens (including phenoxy) is 2. The first-order valence-corrected chi connectivity index (χ1v) is 8.59. The molecule has 0 radical (unpaired) electrons. The van der Waals surface area contributed by atoms with E-state index in [-0.39, 0.29) is 0 Å². The number of benzene rings is 1. The topological polar surface area (TPSA) is 72.4 Å². The van der Waals surface area contributed by atoms with E-state index in [0.29, 0.717) is 29.9 Å². The first kappa shape index (κ1) is 17.3. The van der Waals surface area contributed by atoms with Gasteiger partial charge in [0.15, 0.2) is 17.3 Å². The third kappa shape index (κ3) is 4.29. The molecule has 2 aromatic rings. The van der Waals surface area contributed by atoms with E-state index in [1.165, 1.54) is 12.8 Å². The van der Waals surface area contributed by atoms with Gasteiger partial charge >= 0.3 is 0 Å². The highest BCUT2D eigenvalue weighted by Gasteiger charge is 2.18. The molecule has 7 nitrogen and oxygen atoms in total. The second-order valence-corrected chi connectivity index (χ2v) is 6.37. The molecule has 1 atom stereocenters. The van der Waals surface area contributed by atoms with Crippen molar-refractivity contribution in [2.75, 3.05) is 37.5 Å². The predicted molar refractivity (Wildman–Crippen MR) is 97.3 cm³/mol. The smallest absolute Gasteiger partial charge is 0.244 e. The van der Waals surface area contributed by atoms with Gasteiger partial charge in [0.05, 0.1) is 20.4 Å². The van der Waals surface area contributed by atoms with E-state index in [2.05, 4.69) is 32.3 Å². The number of rotatable bonds is 6. The highest BCUT2D eigenvalue weighted by molar-refractivity contribution is 5.45. The molecular weight excluding hydrogens is 318 g/mol. The molecule has 1 fully saturated rings. The Morgan fingerprint density at radius 2 is 2.08 bits per heavy atom. The normalized spacial score (nSPS) is 17.2. The molecule has 0 spiro atoms. The molecule has 0 bridgehead atoms. The number of nitrogens with zero attached hydrogens (tertiary/aromatic N) is 4. The first-order chi connectivity index (χ1) is 12.2. The number of hydrogen-bond acceptors (Lipinski definition) is 7. The summed E-state index contributed by atoms with van der Waals surface area (Å²) in [6.45, 7) is 4.91. The second kappa shape index (κ2) is 8.00. The van der Waals surface area contributed by atoms with E-state index in [9.17, 15) is 0 Å². The Bertz CT molecular complexity index is 710. The van der Waals surface area contributed by atoms with Crippen molar-refractivity contribution < 1.29 is 9.47 Å². The maximum Gasteiger partial charge on any atom is 0.244 e. The maximum atomic E-state index is 5.33. The Balaban J connectivity index is 1.66. The van der Waals surface area contributed by atoms with E-state index in [4.69, 9.17) is 9.47 Å². The van der Waals surface area contributed by atoms with Gasteiger partial charge < -0.3 is 19.7 Å². The maximum absolute atomic E-state index is 5.33. The van der Waals surface area contributed by atoms with Crippen LogP contribution in [0.2, 0.25) is 0 Å². The molecule has 0 amide bonds. The van der Waals surface area contributed by atoms with Crippen LogP contribution in [-0.2, 0) is 6.54 Å². The number of aromatic nitrogens is 3. The van der Waals surface area contributed by atoms with Crippen LogP contribution in [0.1, 0.15) is 25.3 Å². The largest absolute Gasteiger partial charge is 0.493 e. The van der Waals surface area contributed by atoms with Crippen molar-refractivity contribution in [2.45, 2.75) is 26.3 Å². The monoisotopic (exact) mass is 343 g/mol. The van der Waals surface area contributed by atoms with Gasteiger partial charge in [-0.15, -0.1) is 5.10 Å². The molecule has 1 aliphatic heterocycles. The fourth-order valence-corrected chi connectivity index (χ4v) is 3.09. The third-order valence-corrected chi connectivity index (χ3v) is 4.43. The first-order valence-electron chi connectivity index (χ1n) is 8.59. The summed E-state index contributed by atoms with van der Waals surface area (Å²) in [4.78, 5) is 6.89. The summed E-state index contributed by atoms with van der Waals surface area (Å²) in [5.41, 5.74) is 1.05. The Morgan fingerprint density at radius 3 is 2.84 bits per heavy atom. The Kier molecular flexibility index (Phi) is 5.53. The SMILES string of the molecule is COc1ccc(CNc2nncc(N3CCCC(C)C3)n2)cc1OC. The summed E-state index contributed by atoms with van der Waals surface area (Å²) >= 11 is 0. The number of methoxy groups -OCH3 is 2. The van der Waals surface area contributed by atoms with Gasteiger partial charge in [0.2, 0.25) is 5.95 Å². The van der Waals surface area contributed by atoms with Crippen molar-refractivity contribution in [3.8, 4) is 11.5 Å². The molecule has 134 valence electrons. The van der Waals surface area contributed by atoms with Crippen molar-refractivity contribution >= 4 is 11.8 Å². The van der Waals surface area contributed by atoms with Crippen LogP contribution in [0.15, 0.2) is 24.4 Å². The van der Waals surface area contributed by atoms with Crippen molar-refractivity contribution in [3.63, 3.8) is 0 Å². The van der Waals surface area contributed by atoms with Gasteiger partial charge in [0.25, 0.3) is 0 Å². The lowest BCUT2D eigenvalue weighted by molar-refractivity contribution is 0.354. The molecule has 0 aliphatic carbocycles. The van der Waals surface area contributed by atoms with Crippen LogP contribution in [0.5, 0.6) is 11.5 Å². The van der Waals surface area contributed by atoms with E-state index in [1.807, 2.05) is 18.2 Å². The van der Waals surface area contributed by atoms with Crippen LogP contribution < -0.4 is 19.7 Å². The van der Waals surface area contributed by atoms with Crippen LogP contribution in [0, 0.1) is 5.92 Å². The number of nitrogens with one attached hydrogen (secondary N) is 1. The summed E-state index contributed by atoms with van der Waals surface area (Å²) in [5.74, 6) is 3.52. The van der Waals surface area contributed by atoms with E-state index >= 15 is 0 Å². The Hall–Kier alpha value is -2.57. The molecule has 1 N–H and O–H groups in total. The zero-order valence-corrected chi connectivity index (χ0v) is 15.0. The minimum absolute atomic E-state index is 0.533. The van der Waals surface area contributed by atoms with Gasteiger partial charge in [-0.25, -0.2) is 0 Å². The van der Waals surface area contributed by atoms with Crippen LogP contribution in [0.25, 0.3) is 0 Å². The van der Waals surface area contributed by atoms with Crippen LogP contribution in [-0.4, -0.2) is 42.5 Å². The van der Waals surface area contributed by atoms with Gasteiger partial charge in [-0.1, -0.05) is 13.0 Å². The fourth-order valence-electron chi connectivity index (χ4n) is 3.09. The Morgan fingerprint density at radius 1 is 1.24 bits per heavy atom. The molecule has 25 heavy (non-hydrogen) atoms. The number of hydrogen-bond donors (Lipinski definition) is 1. The lowest BCUT2D eigenvalue weighted by Crippen LogP contribution is -2.35. The predicted octanol–water partition coefficient (Wildman–Crippen LogP) is 2.74. The molecule has 1 unspecified atom stereocenters. The minimum atomic E-state index is 0.533. The molecule has 1 saturated heterocycles. The lowest BCUT2D eigenvalue weighted by Gasteiger charge is -2.31. The Labute approximate surface area is 148 Å². The molecule has 7 heteroatoms. The van der Waals surface area contributed by atoms with E-state index in [0.717, 1.165) is 24.5 Å². The number of anilines is 2. The molecule has 1 aliphatic rings.